The van der Waals surface area contributed by atoms with E-state index in [1.165, 1.54) is 0 Å². The molecule has 5 aromatic rings. The van der Waals surface area contributed by atoms with Crippen LogP contribution in [0.4, 0.5) is 0 Å². The van der Waals surface area contributed by atoms with Crippen molar-refractivity contribution < 1.29 is 9.53 Å². The van der Waals surface area contributed by atoms with Crippen LogP contribution in [0.2, 0.25) is 0 Å². The Bertz CT molecular complexity index is 1550. The van der Waals surface area contributed by atoms with E-state index in [0.29, 0.717) is 6.54 Å². The predicted molar refractivity (Wildman–Crippen MR) is 140 cm³/mol. The number of benzene rings is 4. The van der Waals surface area contributed by atoms with Crippen molar-refractivity contribution in [2.45, 2.75) is 12.6 Å². The number of aromatic nitrogens is 1. The van der Waals surface area contributed by atoms with Gasteiger partial charge in [0.2, 0.25) is 0 Å². The first-order valence-electron chi connectivity index (χ1n) is 11.8. The highest BCUT2D eigenvalue weighted by molar-refractivity contribution is 6.02. The molecule has 35 heavy (non-hydrogen) atoms. The summed E-state index contributed by atoms with van der Waals surface area (Å²) in [5.74, 6) is 0.877. The van der Waals surface area contributed by atoms with Gasteiger partial charge in [-0.25, -0.2) is 0 Å². The van der Waals surface area contributed by atoms with Crippen molar-refractivity contribution in [3.8, 4) is 17.0 Å². The molecule has 4 heteroatoms. The molecule has 0 aliphatic carbocycles. The van der Waals surface area contributed by atoms with Crippen molar-refractivity contribution in [3.05, 3.63) is 125 Å². The van der Waals surface area contributed by atoms with Gasteiger partial charge in [0.1, 0.15) is 5.75 Å². The van der Waals surface area contributed by atoms with E-state index < -0.39 is 0 Å². The van der Waals surface area contributed by atoms with E-state index in [9.17, 15) is 4.79 Å². The normalized spacial score (nSPS) is 15.0. The fourth-order valence-corrected chi connectivity index (χ4v) is 5.44. The zero-order valence-electron chi connectivity index (χ0n) is 19.8. The number of aryl methyl sites for hydroxylation is 1. The standard InChI is InChI=1S/C31H26N2O2/c1-32-27-18-9-8-17-26(27)28(29(32)22-13-10-14-23(19-22)35-2)30-24-15-6-7-16-25(24)31(34)33(30)20-21-11-4-3-5-12-21/h3-19,30H,20H2,1-2H3/t30-/m0/s1. The fraction of sp³-hybridized carbons (Fsp3) is 0.129. The molecule has 1 aliphatic heterocycles. The second kappa shape index (κ2) is 8.48. The first-order chi connectivity index (χ1) is 17.2. The third kappa shape index (κ3) is 3.41. The minimum absolute atomic E-state index is 0.0685. The van der Waals surface area contributed by atoms with E-state index >= 15 is 0 Å². The Hall–Kier alpha value is -4.31. The molecule has 172 valence electrons. The van der Waals surface area contributed by atoms with E-state index in [1.54, 1.807) is 7.11 Å². The lowest BCUT2D eigenvalue weighted by molar-refractivity contribution is 0.0737. The molecule has 0 bridgehead atoms. The van der Waals surface area contributed by atoms with Gasteiger partial charge in [0.25, 0.3) is 5.91 Å². The van der Waals surface area contributed by atoms with E-state index in [-0.39, 0.29) is 11.9 Å². The Kier molecular flexibility index (Phi) is 5.14. The second-order valence-corrected chi connectivity index (χ2v) is 8.98. The van der Waals surface area contributed by atoms with Gasteiger partial charge in [-0.1, -0.05) is 78.9 Å². The molecule has 1 amide bonds. The Labute approximate surface area is 205 Å². The summed E-state index contributed by atoms with van der Waals surface area (Å²) in [7, 11) is 3.79. The molecule has 0 saturated heterocycles. The average molecular weight is 459 g/mol. The second-order valence-electron chi connectivity index (χ2n) is 8.98. The Morgan fingerprint density at radius 2 is 1.57 bits per heavy atom. The van der Waals surface area contributed by atoms with Crippen LogP contribution in [0.15, 0.2) is 103 Å². The third-order valence-corrected chi connectivity index (χ3v) is 7.02. The lowest BCUT2D eigenvalue weighted by Crippen LogP contribution is -2.28. The van der Waals surface area contributed by atoms with Crippen LogP contribution < -0.4 is 4.74 Å². The summed E-state index contributed by atoms with van der Waals surface area (Å²) in [4.78, 5) is 15.8. The van der Waals surface area contributed by atoms with Gasteiger partial charge in [-0.15, -0.1) is 0 Å². The van der Waals surface area contributed by atoms with Gasteiger partial charge >= 0.3 is 0 Å². The number of carbonyl (C=O) groups excluding carboxylic acids is 1. The van der Waals surface area contributed by atoms with Crippen LogP contribution in [-0.2, 0) is 13.6 Å². The van der Waals surface area contributed by atoms with E-state index in [1.807, 2.05) is 53.4 Å². The topological polar surface area (TPSA) is 34.5 Å². The number of amides is 1. The van der Waals surface area contributed by atoms with Crippen LogP contribution in [-0.4, -0.2) is 22.5 Å². The van der Waals surface area contributed by atoms with Crippen LogP contribution in [0.5, 0.6) is 5.75 Å². The number of hydrogen-bond donors (Lipinski definition) is 0. The lowest BCUT2D eigenvalue weighted by Gasteiger charge is -2.27. The van der Waals surface area contributed by atoms with Crippen molar-refractivity contribution in [1.82, 2.24) is 9.47 Å². The van der Waals surface area contributed by atoms with E-state index in [4.69, 9.17) is 4.74 Å². The van der Waals surface area contributed by atoms with Gasteiger partial charge in [-0.3, -0.25) is 4.79 Å². The lowest BCUT2D eigenvalue weighted by atomic mass is 9.93. The molecule has 0 spiro atoms. The Morgan fingerprint density at radius 3 is 2.40 bits per heavy atom. The first kappa shape index (κ1) is 21.2. The first-order valence-corrected chi connectivity index (χ1v) is 11.8. The summed E-state index contributed by atoms with van der Waals surface area (Å²) in [6.45, 7) is 0.541. The molecular formula is C31H26N2O2. The minimum atomic E-state index is -0.203. The van der Waals surface area contributed by atoms with Crippen LogP contribution in [0, 0.1) is 0 Å². The van der Waals surface area contributed by atoms with E-state index in [2.05, 4.69) is 66.2 Å². The number of nitrogens with zero attached hydrogens (tertiary/aromatic N) is 2. The summed E-state index contributed by atoms with van der Waals surface area (Å²) in [5.41, 5.74) is 7.38. The summed E-state index contributed by atoms with van der Waals surface area (Å²) in [5, 5.41) is 1.15. The largest absolute Gasteiger partial charge is 0.497 e. The molecule has 0 radical (unpaired) electrons. The predicted octanol–water partition coefficient (Wildman–Crippen LogP) is 6.60. The zero-order chi connectivity index (χ0) is 23.9. The van der Waals surface area contributed by atoms with Crippen molar-refractivity contribution in [2.24, 2.45) is 7.05 Å². The van der Waals surface area contributed by atoms with Crippen molar-refractivity contribution >= 4 is 16.8 Å². The third-order valence-electron chi connectivity index (χ3n) is 7.02. The Morgan fingerprint density at radius 1 is 0.829 bits per heavy atom. The van der Waals surface area contributed by atoms with Gasteiger partial charge in [0.05, 0.1) is 18.8 Å². The van der Waals surface area contributed by atoms with Crippen molar-refractivity contribution in [1.29, 1.82) is 0 Å². The van der Waals surface area contributed by atoms with Crippen molar-refractivity contribution in [2.75, 3.05) is 7.11 Å². The van der Waals surface area contributed by atoms with Gasteiger partial charge < -0.3 is 14.2 Å². The molecule has 4 nitrogen and oxygen atoms in total. The number of fused-ring (bicyclic) bond motifs is 2. The summed E-state index contributed by atoms with van der Waals surface area (Å²) >= 11 is 0. The maximum atomic E-state index is 13.8. The summed E-state index contributed by atoms with van der Waals surface area (Å²) in [6.07, 6.45) is 0. The van der Waals surface area contributed by atoms with Gasteiger partial charge in [0, 0.05) is 41.2 Å². The molecule has 1 atom stereocenters. The van der Waals surface area contributed by atoms with Crippen LogP contribution in [0.3, 0.4) is 0 Å². The number of rotatable bonds is 5. The molecule has 2 heterocycles. The Balaban J connectivity index is 1.64. The SMILES string of the molecule is COc1cccc(-c2c([C@@H]3c4ccccc4C(=O)N3Cc3ccccc3)c3ccccc3n2C)c1. The highest BCUT2D eigenvalue weighted by Crippen LogP contribution is 2.47. The molecule has 1 aromatic heterocycles. The molecule has 4 aromatic carbocycles. The fourth-order valence-electron chi connectivity index (χ4n) is 5.44. The van der Waals surface area contributed by atoms with Crippen LogP contribution in [0.25, 0.3) is 22.2 Å². The molecular weight excluding hydrogens is 432 g/mol. The number of methoxy groups -OCH3 is 1. The van der Waals surface area contributed by atoms with Crippen LogP contribution in [0.1, 0.15) is 33.1 Å². The quantitative estimate of drug-likeness (QED) is 0.297. The van der Waals surface area contributed by atoms with Gasteiger partial charge in [-0.05, 0) is 35.4 Å². The highest BCUT2D eigenvalue weighted by Gasteiger charge is 2.40. The molecule has 0 saturated carbocycles. The highest BCUT2D eigenvalue weighted by atomic mass is 16.5. The number of para-hydroxylation sites is 1. The molecule has 0 unspecified atom stereocenters. The smallest absolute Gasteiger partial charge is 0.255 e. The minimum Gasteiger partial charge on any atom is -0.497 e. The van der Waals surface area contributed by atoms with Gasteiger partial charge in [0.15, 0.2) is 0 Å². The number of ether oxygens (including phenoxy) is 1. The van der Waals surface area contributed by atoms with Gasteiger partial charge in [-0.2, -0.15) is 0 Å². The number of hydrogen-bond acceptors (Lipinski definition) is 2. The van der Waals surface area contributed by atoms with Crippen molar-refractivity contribution in [3.63, 3.8) is 0 Å². The summed E-state index contributed by atoms with van der Waals surface area (Å²) in [6, 6.07) is 34.7. The average Bonchev–Trinajstić information content (AvgIpc) is 3.35. The monoisotopic (exact) mass is 458 g/mol. The van der Waals surface area contributed by atoms with Crippen LogP contribution >= 0.6 is 0 Å². The molecule has 6 rings (SSSR count). The molecule has 0 fully saturated rings. The maximum Gasteiger partial charge on any atom is 0.255 e. The number of carbonyl (C=O) groups is 1. The summed E-state index contributed by atoms with van der Waals surface area (Å²) < 4.78 is 7.80. The molecule has 0 N–H and O–H groups in total. The van der Waals surface area contributed by atoms with E-state index in [0.717, 1.165) is 50.2 Å². The maximum absolute atomic E-state index is 13.8. The molecule has 1 aliphatic rings. The zero-order valence-corrected chi connectivity index (χ0v) is 19.8.